The first-order valence-corrected chi connectivity index (χ1v) is 14.2. The molecule has 2 aromatic carbocycles. The van der Waals surface area contributed by atoms with Crippen molar-refractivity contribution >= 4 is 23.2 Å². The molecule has 2 saturated heterocycles. The number of rotatable bonds is 8. The van der Waals surface area contributed by atoms with Gasteiger partial charge in [0.25, 0.3) is 11.8 Å². The van der Waals surface area contributed by atoms with Crippen LogP contribution >= 0.6 is 11.3 Å². The number of thiazole rings is 1. The van der Waals surface area contributed by atoms with Gasteiger partial charge in [-0.1, -0.05) is 6.07 Å². The van der Waals surface area contributed by atoms with Crippen molar-refractivity contribution in [2.45, 2.75) is 63.3 Å². The van der Waals surface area contributed by atoms with Gasteiger partial charge >= 0.3 is 0 Å². The van der Waals surface area contributed by atoms with Crippen LogP contribution in [0.1, 0.15) is 68.7 Å². The molecule has 2 aliphatic rings. The van der Waals surface area contributed by atoms with E-state index in [1.54, 1.807) is 35.6 Å². The molecule has 3 N–H and O–H groups in total. The monoisotopic (exact) mass is 554 g/mol. The van der Waals surface area contributed by atoms with E-state index < -0.39 is 29.7 Å². The van der Waals surface area contributed by atoms with E-state index in [1.807, 2.05) is 17.2 Å². The molecule has 7 nitrogen and oxygen atoms in total. The van der Waals surface area contributed by atoms with Crippen molar-refractivity contribution in [3.05, 3.63) is 86.9 Å². The lowest BCUT2D eigenvalue weighted by atomic mass is 9.95. The second-order valence-corrected chi connectivity index (χ2v) is 11.2. The quantitative estimate of drug-likeness (QED) is 0.389. The topological polar surface area (TPSA) is 94.6 Å². The van der Waals surface area contributed by atoms with Crippen LogP contribution in [0.4, 0.5) is 8.78 Å². The number of nitrogens with zero attached hydrogens (tertiary/aromatic N) is 2. The summed E-state index contributed by atoms with van der Waals surface area (Å²) >= 11 is 1.55. The van der Waals surface area contributed by atoms with Crippen molar-refractivity contribution in [1.82, 2.24) is 20.5 Å². The van der Waals surface area contributed by atoms with Crippen LogP contribution in [0.15, 0.2) is 47.8 Å². The average Bonchev–Trinajstić information content (AvgIpc) is 3.69. The van der Waals surface area contributed by atoms with Gasteiger partial charge in [-0.25, -0.2) is 13.8 Å². The summed E-state index contributed by atoms with van der Waals surface area (Å²) in [7, 11) is 0. The van der Waals surface area contributed by atoms with E-state index in [-0.39, 0.29) is 30.0 Å². The molecule has 10 heteroatoms. The number of aliphatic hydroxyl groups excluding tert-OH is 1. The highest BCUT2D eigenvalue weighted by atomic mass is 32.1. The minimum absolute atomic E-state index is 0.0427. The predicted octanol–water partition coefficient (Wildman–Crippen LogP) is 4.16. The van der Waals surface area contributed by atoms with Crippen LogP contribution in [0.25, 0.3) is 0 Å². The van der Waals surface area contributed by atoms with Gasteiger partial charge in [-0.05, 0) is 81.5 Å². The highest BCUT2D eigenvalue weighted by Crippen LogP contribution is 2.34. The number of likely N-dealkylation sites (tertiary alicyclic amines) is 1. The molecule has 0 spiro atoms. The number of halogens is 2. The van der Waals surface area contributed by atoms with E-state index in [9.17, 15) is 23.5 Å². The molecule has 206 valence electrons. The van der Waals surface area contributed by atoms with Crippen LogP contribution in [0.3, 0.4) is 0 Å². The van der Waals surface area contributed by atoms with Crippen LogP contribution in [-0.4, -0.2) is 58.1 Å². The number of aryl methyl sites for hydroxylation is 1. The summed E-state index contributed by atoms with van der Waals surface area (Å²) in [5, 5.41) is 20.1. The van der Waals surface area contributed by atoms with Gasteiger partial charge < -0.3 is 20.6 Å². The average molecular weight is 555 g/mol. The summed E-state index contributed by atoms with van der Waals surface area (Å²) < 4.78 is 27.7. The van der Waals surface area contributed by atoms with Gasteiger partial charge in [-0.3, -0.25) is 9.59 Å². The Morgan fingerprint density at radius 2 is 1.92 bits per heavy atom. The zero-order valence-electron chi connectivity index (χ0n) is 21.7. The molecule has 0 saturated carbocycles. The first-order valence-electron chi connectivity index (χ1n) is 13.3. The van der Waals surface area contributed by atoms with Crippen LogP contribution < -0.4 is 10.6 Å². The molecule has 0 unspecified atom stereocenters. The Morgan fingerprint density at radius 1 is 1.15 bits per heavy atom. The molecular formula is C29H32F2N4O3S. The Bertz CT molecular complexity index is 1320. The zero-order chi connectivity index (χ0) is 27.5. The number of amides is 2. The number of nitrogens with one attached hydrogen (secondary N) is 2. The smallest absolute Gasteiger partial charge is 0.254 e. The molecule has 39 heavy (non-hydrogen) atoms. The fourth-order valence-corrected chi connectivity index (χ4v) is 6.47. The molecule has 5 rings (SSSR count). The number of aliphatic hydroxyl groups is 1. The van der Waals surface area contributed by atoms with Crippen molar-refractivity contribution in [3.63, 3.8) is 0 Å². The minimum Gasteiger partial charge on any atom is -0.389 e. The minimum atomic E-state index is -0.972. The van der Waals surface area contributed by atoms with Crippen molar-refractivity contribution in [3.8, 4) is 0 Å². The maximum Gasteiger partial charge on any atom is 0.254 e. The third-order valence-electron chi connectivity index (χ3n) is 7.42. The van der Waals surface area contributed by atoms with E-state index in [2.05, 4.69) is 15.6 Å². The van der Waals surface area contributed by atoms with Crippen molar-refractivity contribution < 1.29 is 23.5 Å². The van der Waals surface area contributed by atoms with Gasteiger partial charge in [-0.15, -0.1) is 11.3 Å². The number of hydrogen-bond donors (Lipinski definition) is 3. The number of benzene rings is 2. The molecule has 2 amide bonds. The molecule has 0 radical (unpaired) electrons. The fraction of sp³-hybridized carbons (Fsp3) is 0.414. The lowest BCUT2D eigenvalue weighted by Gasteiger charge is -2.29. The molecule has 3 aromatic rings. The van der Waals surface area contributed by atoms with Gasteiger partial charge in [0.1, 0.15) is 16.6 Å². The van der Waals surface area contributed by atoms with Crippen LogP contribution in [0, 0.1) is 18.6 Å². The molecule has 3 heterocycles. The lowest BCUT2D eigenvalue weighted by Crippen LogP contribution is -2.52. The molecular weight excluding hydrogens is 522 g/mol. The highest BCUT2D eigenvalue weighted by molar-refractivity contribution is 7.09. The van der Waals surface area contributed by atoms with Crippen molar-refractivity contribution in [2.24, 2.45) is 0 Å². The number of aromatic nitrogens is 1. The van der Waals surface area contributed by atoms with Gasteiger partial charge in [0.05, 0.1) is 18.2 Å². The maximum atomic E-state index is 13.9. The normalized spacial score (nSPS) is 20.7. The van der Waals surface area contributed by atoms with E-state index >= 15 is 0 Å². The summed E-state index contributed by atoms with van der Waals surface area (Å²) in [6.07, 6.45) is 2.41. The third-order valence-corrected chi connectivity index (χ3v) is 8.49. The predicted molar refractivity (Wildman–Crippen MR) is 145 cm³/mol. The Kier molecular flexibility index (Phi) is 8.34. The number of hydrogen-bond acceptors (Lipinski definition) is 6. The Balaban J connectivity index is 1.34. The van der Waals surface area contributed by atoms with Gasteiger partial charge in [0, 0.05) is 40.9 Å². The Labute approximate surface area is 230 Å². The Hall–Kier alpha value is -3.21. The highest BCUT2D eigenvalue weighted by Gasteiger charge is 2.34. The standard InChI is InChI=1S/C29H32F2N4O3S/c1-17-16-39-28(33-17)25-8-4-10-35(25)29(38)20-6-2-5-19(14-20)27(37)34-24(26(36)23-7-3-9-32-23)13-18-11-21(30)15-22(31)12-18/h2,5-6,11-12,14-16,23-26,32,36H,3-4,7-10,13H2,1H3,(H,34,37)/t23-,24+,25-,26-/m1/s1. The summed E-state index contributed by atoms with van der Waals surface area (Å²) in [5.74, 6) is -2.08. The van der Waals surface area contributed by atoms with E-state index in [1.165, 1.54) is 12.1 Å². The van der Waals surface area contributed by atoms with Crippen molar-refractivity contribution in [2.75, 3.05) is 13.1 Å². The summed E-state index contributed by atoms with van der Waals surface area (Å²) in [4.78, 5) is 33.2. The lowest BCUT2D eigenvalue weighted by molar-refractivity contribution is 0.0733. The third kappa shape index (κ3) is 6.34. The second-order valence-electron chi connectivity index (χ2n) is 10.3. The van der Waals surface area contributed by atoms with E-state index in [0.29, 0.717) is 17.7 Å². The van der Waals surface area contributed by atoms with Crippen LogP contribution in [0.2, 0.25) is 0 Å². The molecule has 0 aliphatic carbocycles. The number of carbonyl (C=O) groups excluding carboxylic acids is 2. The SMILES string of the molecule is Cc1csc([C@H]2CCCN2C(=O)c2cccc(C(=O)N[C@@H](Cc3cc(F)cc(F)c3)[C@H](O)[C@H]3CCCN3)c2)n1. The van der Waals surface area contributed by atoms with E-state index in [4.69, 9.17) is 0 Å². The molecule has 2 aliphatic heterocycles. The Morgan fingerprint density at radius 3 is 2.62 bits per heavy atom. The second kappa shape index (κ2) is 11.9. The van der Waals surface area contributed by atoms with Gasteiger partial charge in [-0.2, -0.15) is 0 Å². The molecule has 0 bridgehead atoms. The number of carbonyl (C=O) groups is 2. The van der Waals surface area contributed by atoms with Gasteiger partial charge in [0.2, 0.25) is 0 Å². The van der Waals surface area contributed by atoms with E-state index in [0.717, 1.165) is 49.0 Å². The van der Waals surface area contributed by atoms with Gasteiger partial charge in [0.15, 0.2) is 0 Å². The zero-order valence-corrected chi connectivity index (χ0v) is 22.5. The summed E-state index contributed by atoms with van der Waals surface area (Å²) in [5.41, 5.74) is 1.92. The van der Waals surface area contributed by atoms with Crippen molar-refractivity contribution in [1.29, 1.82) is 0 Å². The fourth-order valence-electron chi connectivity index (χ4n) is 5.53. The van der Waals surface area contributed by atoms with Crippen LogP contribution in [-0.2, 0) is 6.42 Å². The first-order chi connectivity index (χ1) is 18.8. The molecule has 2 fully saturated rings. The first kappa shape index (κ1) is 27.4. The largest absolute Gasteiger partial charge is 0.389 e. The molecule has 1 aromatic heterocycles. The summed E-state index contributed by atoms with van der Waals surface area (Å²) in [6, 6.07) is 8.57. The maximum absolute atomic E-state index is 13.9. The van der Waals surface area contributed by atoms with Crippen LogP contribution in [0.5, 0.6) is 0 Å². The summed E-state index contributed by atoms with van der Waals surface area (Å²) in [6.45, 7) is 3.30. The molecule has 4 atom stereocenters.